The number of nitrogens with one attached hydrogen (secondary N) is 1. The third-order valence-electron chi connectivity index (χ3n) is 3.59. The zero-order valence-electron chi connectivity index (χ0n) is 11.0. The van der Waals surface area contributed by atoms with Crippen LogP contribution in [0.15, 0.2) is 54.6 Å². The Morgan fingerprint density at radius 1 is 1.00 bits per heavy atom. The van der Waals surface area contributed by atoms with Crippen LogP contribution < -0.4 is 10.1 Å². The molecule has 1 N–H and O–H groups in total. The van der Waals surface area contributed by atoms with Crippen molar-refractivity contribution >= 4 is 0 Å². The molecule has 0 spiro atoms. The summed E-state index contributed by atoms with van der Waals surface area (Å²) in [5.41, 5.74) is 2.49. The lowest BCUT2D eigenvalue weighted by atomic mass is 10.0. The fraction of sp³-hybridized carbons (Fsp3) is 0.294. The minimum Gasteiger partial charge on any atom is -0.489 e. The molecule has 1 fully saturated rings. The van der Waals surface area contributed by atoms with Crippen molar-refractivity contribution in [2.45, 2.75) is 25.5 Å². The van der Waals surface area contributed by atoms with Crippen molar-refractivity contribution in [1.29, 1.82) is 0 Å². The van der Waals surface area contributed by atoms with E-state index in [0.29, 0.717) is 12.6 Å². The van der Waals surface area contributed by atoms with Crippen LogP contribution in [0.5, 0.6) is 5.75 Å². The molecule has 0 aliphatic carbocycles. The van der Waals surface area contributed by atoms with Gasteiger partial charge in [-0.05, 0) is 31.0 Å². The molecule has 1 atom stereocenters. The predicted octanol–water partition coefficient (Wildman–Crippen LogP) is 3.69. The summed E-state index contributed by atoms with van der Waals surface area (Å²) >= 11 is 0. The molecule has 2 heteroatoms. The van der Waals surface area contributed by atoms with Crippen molar-refractivity contribution in [2.75, 3.05) is 6.54 Å². The number of ether oxygens (including phenoxy) is 1. The lowest BCUT2D eigenvalue weighted by Gasteiger charge is -2.16. The molecule has 1 saturated heterocycles. The molecular formula is C17H19NO. The first-order chi connectivity index (χ1) is 9.43. The van der Waals surface area contributed by atoms with Crippen molar-refractivity contribution < 1.29 is 4.74 Å². The maximum atomic E-state index is 6.00. The highest BCUT2D eigenvalue weighted by Gasteiger charge is 2.19. The molecule has 19 heavy (non-hydrogen) atoms. The van der Waals surface area contributed by atoms with Crippen molar-refractivity contribution in [3.63, 3.8) is 0 Å². The number of benzene rings is 2. The molecule has 98 valence electrons. The van der Waals surface area contributed by atoms with Gasteiger partial charge in [-0.2, -0.15) is 0 Å². The lowest BCUT2D eigenvalue weighted by Crippen LogP contribution is -2.14. The largest absolute Gasteiger partial charge is 0.489 e. The average molecular weight is 253 g/mol. The Bertz CT molecular complexity index is 518. The van der Waals surface area contributed by atoms with Crippen molar-refractivity contribution in [3.05, 3.63) is 65.7 Å². The highest BCUT2D eigenvalue weighted by Crippen LogP contribution is 2.31. The fourth-order valence-corrected chi connectivity index (χ4v) is 2.59. The Kier molecular flexibility index (Phi) is 3.80. The Balaban J connectivity index is 1.73. The number of hydrogen-bond donors (Lipinski definition) is 1. The van der Waals surface area contributed by atoms with Gasteiger partial charge in [0.05, 0.1) is 0 Å². The SMILES string of the molecule is c1ccc(COc2ccccc2C2CCCN2)cc1. The van der Waals surface area contributed by atoms with E-state index in [-0.39, 0.29) is 0 Å². The van der Waals surface area contributed by atoms with Crippen molar-refractivity contribution in [1.82, 2.24) is 5.32 Å². The predicted molar refractivity (Wildman–Crippen MR) is 77.2 cm³/mol. The van der Waals surface area contributed by atoms with Crippen LogP contribution in [0.3, 0.4) is 0 Å². The van der Waals surface area contributed by atoms with Gasteiger partial charge in [0.15, 0.2) is 0 Å². The van der Waals surface area contributed by atoms with E-state index in [9.17, 15) is 0 Å². The Hall–Kier alpha value is -1.80. The maximum absolute atomic E-state index is 6.00. The summed E-state index contributed by atoms with van der Waals surface area (Å²) in [6.07, 6.45) is 2.45. The smallest absolute Gasteiger partial charge is 0.124 e. The molecule has 0 aromatic heterocycles. The highest BCUT2D eigenvalue weighted by atomic mass is 16.5. The Morgan fingerprint density at radius 3 is 2.58 bits per heavy atom. The fourth-order valence-electron chi connectivity index (χ4n) is 2.59. The molecule has 1 aliphatic heterocycles. The highest BCUT2D eigenvalue weighted by molar-refractivity contribution is 5.36. The van der Waals surface area contributed by atoms with E-state index in [1.54, 1.807) is 0 Å². The van der Waals surface area contributed by atoms with E-state index in [0.717, 1.165) is 12.3 Å². The summed E-state index contributed by atoms with van der Waals surface area (Å²) in [5.74, 6) is 1.01. The zero-order chi connectivity index (χ0) is 12.9. The second-order valence-corrected chi connectivity index (χ2v) is 4.96. The van der Waals surface area contributed by atoms with E-state index in [4.69, 9.17) is 4.74 Å². The molecule has 2 nitrogen and oxygen atoms in total. The lowest BCUT2D eigenvalue weighted by molar-refractivity contribution is 0.300. The molecule has 0 amide bonds. The molecule has 1 heterocycles. The zero-order valence-corrected chi connectivity index (χ0v) is 11.0. The summed E-state index contributed by atoms with van der Waals surface area (Å²) in [6.45, 7) is 1.74. The molecule has 1 unspecified atom stereocenters. The second-order valence-electron chi connectivity index (χ2n) is 4.96. The molecule has 0 radical (unpaired) electrons. The monoisotopic (exact) mass is 253 g/mol. The van der Waals surface area contributed by atoms with Gasteiger partial charge in [-0.25, -0.2) is 0 Å². The first-order valence-electron chi connectivity index (χ1n) is 6.92. The number of rotatable bonds is 4. The minimum atomic E-state index is 0.451. The van der Waals surface area contributed by atoms with E-state index < -0.39 is 0 Å². The van der Waals surface area contributed by atoms with Crippen molar-refractivity contribution in [3.8, 4) is 5.75 Å². The summed E-state index contributed by atoms with van der Waals surface area (Å²) < 4.78 is 6.00. The van der Waals surface area contributed by atoms with Crippen LogP contribution in [0.2, 0.25) is 0 Å². The first-order valence-corrected chi connectivity index (χ1v) is 6.92. The van der Waals surface area contributed by atoms with E-state index in [1.165, 1.54) is 24.0 Å². The van der Waals surface area contributed by atoms with Crippen LogP contribution in [0, 0.1) is 0 Å². The quantitative estimate of drug-likeness (QED) is 0.897. The first kappa shape index (κ1) is 12.2. The van der Waals surface area contributed by atoms with E-state index in [2.05, 4.69) is 35.6 Å². The van der Waals surface area contributed by atoms with Gasteiger partial charge in [0.2, 0.25) is 0 Å². The van der Waals surface area contributed by atoms with Gasteiger partial charge in [-0.15, -0.1) is 0 Å². The van der Waals surface area contributed by atoms with E-state index >= 15 is 0 Å². The minimum absolute atomic E-state index is 0.451. The van der Waals surface area contributed by atoms with Crippen LogP contribution in [-0.4, -0.2) is 6.54 Å². The molecule has 1 aliphatic rings. The van der Waals surface area contributed by atoms with Gasteiger partial charge in [0.25, 0.3) is 0 Å². The van der Waals surface area contributed by atoms with Crippen molar-refractivity contribution in [2.24, 2.45) is 0 Å². The van der Waals surface area contributed by atoms with Crippen LogP contribution in [0.4, 0.5) is 0 Å². The third-order valence-corrected chi connectivity index (χ3v) is 3.59. The average Bonchev–Trinajstić information content (AvgIpc) is 3.01. The molecule has 0 saturated carbocycles. The summed E-state index contributed by atoms with van der Waals surface area (Å²) in [7, 11) is 0. The summed E-state index contributed by atoms with van der Waals surface area (Å²) in [4.78, 5) is 0. The normalized spacial score (nSPS) is 18.4. The summed E-state index contributed by atoms with van der Waals surface area (Å²) in [6, 6.07) is 19.1. The van der Waals surface area contributed by atoms with Gasteiger partial charge >= 0.3 is 0 Å². The molecule has 0 bridgehead atoms. The van der Waals surface area contributed by atoms with Crippen LogP contribution >= 0.6 is 0 Å². The van der Waals surface area contributed by atoms with Crippen LogP contribution in [0.1, 0.15) is 30.0 Å². The van der Waals surface area contributed by atoms with Crippen LogP contribution in [-0.2, 0) is 6.61 Å². The van der Waals surface area contributed by atoms with Gasteiger partial charge in [0, 0.05) is 11.6 Å². The van der Waals surface area contributed by atoms with E-state index in [1.807, 2.05) is 24.3 Å². The number of para-hydroxylation sites is 1. The van der Waals surface area contributed by atoms with Gasteiger partial charge in [0.1, 0.15) is 12.4 Å². The van der Waals surface area contributed by atoms with Crippen LogP contribution in [0.25, 0.3) is 0 Å². The second kappa shape index (κ2) is 5.89. The molecule has 2 aromatic rings. The van der Waals surface area contributed by atoms with Gasteiger partial charge < -0.3 is 10.1 Å². The van der Waals surface area contributed by atoms with Gasteiger partial charge in [-0.3, -0.25) is 0 Å². The Morgan fingerprint density at radius 2 is 1.79 bits per heavy atom. The maximum Gasteiger partial charge on any atom is 0.124 e. The topological polar surface area (TPSA) is 21.3 Å². The standard InChI is InChI=1S/C17H19NO/c1-2-7-14(8-3-1)13-19-17-11-5-4-9-15(17)16-10-6-12-18-16/h1-5,7-9,11,16,18H,6,10,12-13H2. The van der Waals surface area contributed by atoms with Gasteiger partial charge in [-0.1, -0.05) is 48.5 Å². The third kappa shape index (κ3) is 2.96. The molecule has 2 aromatic carbocycles. The number of hydrogen-bond acceptors (Lipinski definition) is 2. The molecular weight excluding hydrogens is 234 g/mol. The molecule has 3 rings (SSSR count). The Labute approximate surface area is 114 Å². The summed E-state index contributed by atoms with van der Waals surface area (Å²) in [5, 5.41) is 3.53.